The van der Waals surface area contributed by atoms with Crippen molar-refractivity contribution in [2.75, 3.05) is 0 Å². The average Bonchev–Trinajstić information content (AvgIpc) is 3.06. The van der Waals surface area contributed by atoms with Crippen molar-refractivity contribution in [3.05, 3.63) is 29.6 Å². The van der Waals surface area contributed by atoms with Crippen LogP contribution in [0.15, 0.2) is 12.1 Å². The maximum atomic E-state index is 13.9. The second kappa shape index (κ2) is 5.56. The summed E-state index contributed by atoms with van der Waals surface area (Å²) >= 11 is 5.97. The SMILES string of the molecule is CCC1(Cn2c(CCl)nc3c(F)cc(F)cc32)CCCC1. The summed E-state index contributed by atoms with van der Waals surface area (Å²) in [4.78, 5) is 4.27. The first-order valence-corrected chi connectivity index (χ1v) is 8.02. The second-order valence-electron chi connectivity index (χ2n) is 6.06. The Kier molecular flexibility index (Phi) is 3.91. The van der Waals surface area contributed by atoms with E-state index in [1.807, 2.05) is 4.57 Å². The highest BCUT2D eigenvalue weighted by molar-refractivity contribution is 6.16. The molecule has 0 amide bonds. The van der Waals surface area contributed by atoms with Crippen LogP contribution in [0.2, 0.25) is 0 Å². The summed E-state index contributed by atoms with van der Waals surface area (Å²) in [6.45, 7) is 2.93. The van der Waals surface area contributed by atoms with E-state index < -0.39 is 11.6 Å². The lowest BCUT2D eigenvalue weighted by Crippen LogP contribution is -2.23. The standard InChI is InChI=1S/C16H19ClF2N2/c1-2-16(5-3-4-6-16)10-21-13-8-11(18)7-12(19)15(13)20-14(21)9-17/h7-8H,2-6,9-10H2,1H3. The molecule has 0 radical (unpaired) electrons. The normalized spacial score (nSPS) is 17.7. The average molecular weight is 313 g/mol. The molecule has 2 aromatic rings. The van der Waals surface area contributed by atoms with Gasteiger partial charge in [-0.3, -0.25) is 0 Å². The molecule has 0 unspecified atom stereocenters. The van der Waals surface area contributed by atoms with Crippen molar-refractivity contribution in [1.82, 2.24) is 9.55 Å². The van der Waals surface area contributed by atoms with Gasteiger partial charge in [0, 0.05) is 12.6 Å². The second-order valence-corrected chi connectivity index (χ2v) is 6.33. The highest BCUT2D eigenvalue weighted by Gasteiger charge is 2.33. The number of nitrogens with zero attached hydrogens (tertiary/aromatic N) is 2. The van der Waals surface area contributed by atoms with Gasteiger partial charge in [0.2, 0.25) is 0 Å². The van der Waals surface area contributed by atoms with Gasteiger partial charge in [-0.1, -0.05) is 19.8 Å². The van der Waals surface area contributed by atoms with Gasteiger partial charge in [-0.05, 0) is 30.7 Å². The van der Waals surface area contributed by atoms with Crippen LogP contribution in [0.3, 0.4) is 0 Å². The molecule has 1 aromatic heterocycles. The van der Waals surface area contributed by atoms with Gasteiger partial charge in [0.05, 0.1) is 11.4 Å². The van der Waals surface area contributed by atoms with Gasteiger partial charge in [-0.25, -0.2) is 13.8 Å². The highest BCUT2D eigenvalue weighted by atomic mass is 35.5. The Morgan fingerprint density at radius 2 is 2.00 bits per heavy atom. The predicted molar refractivity (Wildman–Crippen MR) is 80.4 cm³/mol. The van der Waals surface area contributed by atoms with Gasteiger partial charge in [-0.15, -0.1) is 11.6 Å². The lowest BCUT2D eigenvalue weighted by Gasteiger charge is -2.29. The lowest BCUT2D eigenvalue weighted by atomic mass is 9.83. The summed E-state index contributed by atoms with van der Waals surface area (Å²) in [5.41, 5.74) is 0.941. The molecule has 5 heteroatoms. The van der Waals surface area contributed by atoms with Gasteiger partial charge in [0.1, 0.15) is 17.2 Å². The van der Waals surface area contributed by atoms with Crippen LogP contribution in [0, 0.1) is 17.0 Å². The monoisotopic (exact) mass is 312 g/mol. The van der Waals surface area contributed by atoms with Crippen molar-refractivity contribution in [3.8, 4) is 0 Å². The minimum Gasteiger partial charge on any atom is -0.326 e. The van der Waals surface area contributed by atoms with Crippen LogP contribution < -0.4 is 0 Å². The Balaban J connectivity index is 2.12. The summed E-state index contributed by atoms with van der Waals surface area (Å²) in [5, 5.41) is 0. The molecule has 2 nitrogen and oxygen atoms in total. The Morgan fingerprint density at radius 3 is 2.62 bits per heavy atom. The van der Waals surface area contributed by atoms with Crippen molar-refractivity contribution in [1.29, 1.82) is 0 Å². The van der Waals surface area contributed by atoms with E-state index in [1.54, 1.807) is 0 Å². The molecule has 3 rings (SSSR count). The van der Waals surface area contributed by atoms with Gasteiger partial charge in [-0.2, -0.15) is 0 Å². The number of aromatic nitrogens is 2. The summed E-state index contributed by atoms with van der Waals surface area (Å²) in [7, 11) is 0. The molecule has 21 heavy (non-hydrogen) atoms. The summed E-state index contributed by atoms with van der Waals surface area (Å²) in [6, 6.07) is 2.24. The first-order chi connectivity index (χ1) is 10.1. The third-order valence-corrected chi connectivity index (χ3v) is 5.12. The van der Waals surface area contributed by atoms with Crippen LogP contribution in [0.1, 0.15) is 44.9 Å². The van der Waals surface area contributed by atoms with Crippen LogP contribution in [0.4, 0.5) is 8.78 Å². The van der Waals surface area contributed by atoms with E-state index in [-0.39, 0.29) is 16.8 Å². The number of imidazole rings is 1. The van der Waals surface area contributed by atoms with E-state index in [1.165, 1.54) is 18.9 Å². The zero-order chi connectivity index (χ0) is 15.0. The largest absolute Gasteiger partial charge is 0.326 e. The molecule has 0 saturated heterocycles. The molecule has 0 N–H and O–H groups in total. The van der Waals surface area contributed by atoms with Gasteiger partial charge < -0.3 is 4.57 Å². The molecule has 0 atom stereocenters. The van der Waals surface area contributed by atoms with E-state index in [9.17, 15) is 8.78 Å². The molecule has 1 aromatic carbocycles. The Labute approximate surface area is 128 Å². The topological polar surface area (TPSA) is 17.8 Å². The first-order valence-electron chi connectivity index (χ1n) is 7.49. The van der Waals surface area contributed by atoms with Gasteiger partial charge in [0.15, 0.2) is 5.82 Å². The predicted octanol–water partition coefficient (Wildman–Crippen LogP) is 5.02. The number of halogens is 3. The zero-order valence-electron chi connectivity index (χ0n) is 12.1. The molecular weight excluding hydrogens is 294 g/mol. The molecule has 1 fully saturated rings. The number of hydrogen-bond donors (Lipinski definition) is 0. The van der Waals surface area contributed by atoms with Crippen molar-refractivity contribution < 1.29 is 8.78 Å². The molecule has 114 valence electrons. The molecule has 0 bridgehead atoms. The first kappa shape index (κ1) is 14.8. The molecule has 1 aliphatic carbocycles. The fourth-order valence-electron chi connectivity index (χ4n) is 3.56. The molecule has 1 aliphatic rings. The zero-order valence-corrected chi connectivity index (χ0v) is 12.9. The maximum absolute atomic E-state index is 13.9. The van der Waals surface area contributed by atoms with Gasteiger partial charge in [0.25, 0.3) is 0 Å². The molecule has 1 heterocycles. The van der Waals surface area contributed by atoms with Crippen molar-refractivity contribution in [3.63, 3.8) is 0 Å². The Hall–Kier alpha value is -1.16. The minimum atomic E-state index is -0.618. The van der Waals surface area contributed by atoms with E-state index in [4.69, 9.17) is 11.6 Å². The fourth-order valence-corrected chi connectivity index (χ4v) is 3.76. The van der Waals surface area contributed by atoms with Crippen LogP contribution >= 0.6 is 11.6 Å². The smallest absolute Gasteiger partial charge is 0.153 e. The number of benzene rings is 1. The van der Waals surface area contributed by atoms with E-state index in [0.717, 1.165) is 31.9 Å². The van der Waals surface area contributed by atoms with Crippen molar-refractivity contribution >= 4 is 22.6 Å². The summed E-state index contributed by atoms with van der Waals surface area (Å²) in [5.74, 6) is -0.363. The van der Waals surface area contributed by atoms with E-state index in [0.29, 0.717) is 11.3 Å². The lowest BCUT2D eigenvalue weighted by molar-refractivity contribution is 0.238. The molecular formula is C16H19ClF2N2. The third-order valence-electron chi connectivity index (χ3n) is 4.88. The van der Waals surface area contributed by atoms with Crippen LogP contribution in [0.25, 0.3) is 11.0 Å². The van der Waals surface area contributed by atoms with Crippen molar-refractivity contribution in [2.45, 2.75) is 51.5 Å². The highest BCUT2D eigenvalue weighted by Crippen LogP contribution is 2.43. The summed E-state index contributed by atoms with van der Waals surface area (Å²) < 4.78 is 29.4. The number of rotatable bonds is 4. The quantitative estimate of drug-likeness (QED) is 0.724. The molecule has 0 spiro atoms. The third kappa shape index (κ3) is 2.54. The van der Waals surface area contributed by atoms with E-state index in [2.05, 4.69) is 11.9 Å². The number of alkyl halides is 1. The Bertz CT molecular complexity index is 660. The maximum Gasteiger partial charge on any atom is 0.153 e. The van der Waals surface area contributed by atoms with Crippen molar-refractivity contribution in [2.24, 2.45) is 5.41 Å². The van der Waals surface area contributed by atoms with Crippen LogP contribution in [-0.2, 0) is 12.4 Å². The van der Waals surface area contributed by atoms with Gasteiger partial charge >= 0.3 is 0 Å². The van der Waals surface area contributed by atoms with E-state index >= 15 is 0 Å². The summed E-state index contributed by atoms with van der Waals surface area (Å²) in [6.07, 6.45) is 5.82. The number of fused-ring (bicyclic) bond motifs is 1. The minimum absolute atomic E-state index is 0.204. The number of hydrogen-bond acceptors (Lipinski definition) is 1. The van der Waals surface area contributed by atoms with Crippen LogP contribution in [0.5, 0.6) is 0 Å². The molecule has 0 aliphatic heterocycles. The van der Waals surface area contributed by atoms with Crippen LogP contribution in [-0.4, -0.2) is 9.55 Å². The fraction of sp³-hybridized carbons (Fsp3) is 0.562. The Morgan fingerprint density at radius 1 is 1.29 bits per heavy atom. The molecule has 1 saturated carbocycles.